The van der Waals surface area contributed by atoms with E-state index in [4.69, 9.17) is 5.84 Å². The first-order valence-corrected chi connectivity index (χ1v) is 9.67. The third kappa shape index (κ3) is 2.40. The van der Waals surface area contributed by atoms with Crippen molar-refractivity contribution < 1.29 is 9.90 Å². The number of piperidine rings is 1. The number of H-pyrrole nitrogens is 1. The molecule has 3 aliphatic rings. The first kappa shape index (κ1) is 16.3. The van der Waals surface area contributed by atoms with Crippen molar-refractivity contribution >= 4 is 16.8 Å². The van der Waals surface area contributed by atoms with Crippen molar-refractivity contribution in [1.82, 2.24) is 15.3 Å². The fourth-order valence-corrected chi connectivity index (χ4v) is 5.69. The van der Waals surface area contributed by atoms with Crippen molar-refractivity contribution in [3.8, 4) is 0 Å². The Balaban J connectivity index is 1.45. The number of aromatic nitrogens is 1. The van der Waals surface area contributed by atoms with Crippen LogP contribution in [0.4, 0.5) is 0 Å². The monoisotopic (exact) mass is 354 g/mol. The van der Waals surface area contributed by atoms with Gasteiger partial charge in [-0.1, -0.05) is 18.2 Å². The van der Waals surface area contributed by atoms with Crippen molar-refractivity contribution in [2.75, 3.05) is 13.1 Å². The molecule has 1 aromatic carbocycles. The molecule has 5 rings (SSSR count). The van der Waals surface area contributed by atoms with Crippen LogP contribution in [0.25, 0.3) is 10.9 Å². The summed E-state index contributed by atoms with van der Waals surface area (Å²) in [5.74, 6) is 5.64. The van der Waals surface area contributed by atoms with Crippen LogP contribution in [0, 0.1) is 17.8 Å². The number of nitrogens with zero attached hydrogens (tertiary/aromatic N) is 1. The highest BCUT2D eigenvalue weighted by atomic mass is 16.3. The summed E-state index contributed by atoms with van der Waals surface area (Å²) in [6.45, 7) is 2.09. The van der Waals surface area contributed by atoms with E-state index in [1.807, 2.05) is 0 Å². The van der Waals surface area contributed by atoms with Crippen LogP contribution in [0.15, 0.2) is 24.3 Å². The van der Waals surface area contributed by atoms with Crippen LogP contribution in [0.2, 0.25) is 0 Å². The summed E-state index contributed by atoms with van der Waals surface area (Å²) >= 11 is 0. The summed E-state index contributed by atoms with van der Waals surface area (Å²) in [7, 11) is 0. The van der Waals surface area contributed by atoms with Gasteiger partial charge in [0.25, 0.3) is 0 Å². The van der Waals surface area contributed by atoms with Crippen molar-refractivity contribution in [3.63, 3.8) is 0 Å². The van der Waals surface area contributed by atoms with Crippen LogP contribution in [-0.4, -0.2) is 40.1 Å². The summed E-state index contributed by atoms with van der Waals surface area (Å²) in [5, 5.41) is 11.8. The Kier molecular flexibility index (Phi) is 3.81. The molecular weight excluding hydrogens is 328 g/mol. The number of benzene rings is 1. The molecular formula is C20H26N4O2. The molecule has 6 heteroatoms. The molecule has 2 aliphatic heterocycles. The van der Waals surface area contributed by atoms with Gasteiger partial charge < -0.3 is 10.1 Å². The fourth-order valence-electron chi connectivity index (χ4n) is 5.69. The molecule has 5 atom stereocenters. The van der Waals surface area contributed by atoms with Gasteiger partial charge in [0.1, 0.15) is 0 Å². The standard InChI is InChI=1S/C20H26N4O2/c21-23-20(26)15-7-11-8-17-19-14(13-3-1-2-4-16(13)22-19)5-6-24(17)10-12(11)9-18(15)25/h1-4,11-12,15,17-18,22,25H,5-10,21H2,(H,23,26)/t11-,12-,15+,17-,18-/m0/s1. The molecule has 6 nitrogen and oxygen atoms in total. The van der Waals surface area contributed by atoms with E-state index in [9.17, 15) is 9.90 Å². The van der Waals surface area contributed by atoms with Crippen molar-refractivity contribution in [1.29, 1.82) is 0 Å². The van der Waals surface area contributed by atoms with Crippen LogP contribution < -0.4 is 11.3 Å². The van der Waals surface area contributed by atoms with E-state index in [0.717, 1.165) is 32.4 Å². The molecule has 0 radical (unpaired) electrons. The summed E-state index contributed by atoms with van der Waals surface area (Å²) in [5.41, 5.74) is 6.29. The maximum absolute atomic E-state index is 12.0. The second-order valence-electron chi connectivity index (χ2n) is 8.23. The van der Waals surface area contributed by atoms with Gasteiger partial charge in [0.05, 0.1) is 18.1 Å². The third-order valence-corrected chi connectivity index (χ3v) is 6.98. The minimum atomic E-state index is -0.579. The zero-order valence-electron chi connectivity index (χ0n) is 14.8. The maximum Gasteiger partial charge on any atom is 0.239 e. The number of rotatable bonds is 1. The maximum atomic E-state index is 12.0. The lowest BCUT2D eigenvalue weighted by Crippen LogP contribution is -2.52. The van der Waals surface area contributed by atoms with E-state index in [-0.39, 0.29) is 11.8 Å². The summed E-state index contributed by atoms with van der Waals surface area (Å²) in [6.07, 6.45) is 2.98. The van der Waals surface area contributed by atoms with Crippen LogP contribution in [-0.2, 0) is 11.2 Å². The number of carbonyl (C=O) groups is 1. The molecule has 138 valence electrons. The summed E-state index contributed by atoms with van der Waals surface area (Å²) < 4.78 is 0. The Bertz CT molecular complexity index is 847. The topological polar surface area (TPSA) is 94.4 Å². The first-order valence-electron chi connectivity index (χ1n) is 9.67. The van der Waals surface area contributed by atoms with E-state index in [2.05, 4.69) is 39.6 Å². The second-order valence-corrected chi connectivity index (χ2v) is 8.23. The quantitative estimate of drug-likeness (QED) is 0.354. The number of carbonyl (C=O) groups excluding carboxylic acids is 1. The van der Waals surface area contributed by atoms with Crippen LogP contribution >= 0.6 is 0 Å². The van der Waals surface area contributed by atoms with Gasteiger partial charge in [0.15, 0.2) is 0 Å². The lowest BCUT2D eigenvalue weighted by atomic mass is 9.66. The number of aliphatic hydroxyl groups is 1. The van der Waals surface area contributed by atoms with Gasteiger partial charge in [-0.3, -0.25) is 15.1 Å². The Morgan fingerprint density at radius 1 is 1.23 bits per heavy atom. The molecule has 0 unspecified atom stereocenters. The number of hydrogen-bond donors (Lipinski definition) is 4. The SMILES string of the molecule is NNC(=O)[C@@H]1C[C@H]2C[C@H]3c4[nH]c5ccccc5c4CCN3C[C@@H]2C[C@@H]1O. The second kappa shape index (κ2) is 6.08. The van der Waals surface area contributed by atoms with Gasteiger partial charge in [0, 0.05) is 29.7 Å². The van der Waals surface area contributed by atoms with Crippen molar-refractivity contribution in [2.24, 2.45) is 23.6 Å². The molecule has 2 aromatic rings. The van der Waals surface area contributed by atoms with E-state index >= 15 is 0 Å². The lowest BCUT2D eigenvalue weighted by molar-refractivity contribution is -0.134. The van der Waals surface area contributed by atoms with Crippen LogP contribution in [0.5, 0.6) is 0 Å². The zero-order chi connectivity index (χ0) is 17.8. The van der Waals surface area contributed by atoms with Gasteiger partial charge >= 0.3 is 0 Å². The predicted molar refractivity (Wildman–Crippen MR) is 99.0 cm³/mol. The minimum absolute atomic E-state index is 0.228. The molecule has 1 saturated carbocycles. The number of nitrogens with one attached hydrogen (secondary N) is 2. The predicted octanol–water partition coefficient (Wildman–Crippen LogP) is 1.46. The number of hydrogen-bond acceptors (Lipinski definition) is 4. The van der Waals surface area contributed by atoms with Gasteiger partial charge in [-0.15, -0.1) is 0 Å². The summed E-state index contributed by atoms with van der Waals surface area (Å²) in [4.78, 5) is 18.3. The number of hydrazine groups is 1. The van der Waals surface area contributed by atoms with Crippen LogP contribution in [0.1, 0.15) is 36.6 Å². The zero-order valence-corrected chi connectivity index (χ0v) is 14.8. The average molecular weight is 354 g/mol. The lowest BCUT2D eigenvalue weighted by Gasteiger charge is -2.50. The third-order valence-electron chi connectivity index (χ3n) is 6.98. The largest absolute Gasteiger partial charge is 0.392 e. The van der Waals surface area contributed by atoms with E-state index in [1.165, 1.54) is 22.2 Å². The highest BCUT2D eigenvalue weighted by molar-refractivity contribution is 5.85. The van der Waals surface area contributed by atoms with Crippen molar-refractivity contribution in [2.45, 2.75) is 37.8 Å². The first-order chi connectivity index (χ1) is 12.7. The van der Waals surface area contributed by atoms with Crippen LogP contribution in [0.3, 0.4) is 0 Å². The Hall–Kier alpha value is -1.89. The molecule has 1 aromatic heterocycles. The number of fused-ring (bicyclic) bond motifs is 6. The average Bonchev–Trinajstić information content (AvgIpc) is 3.04. The van der Waals surface area contributed by atoms with Gasteiger partial charge in [-0.05, 0) is 49.1 Å². The molecule has 1 amide bonds. The summed E-state index contributed by atoms with van der Waals surface area (Å²) in [6, 6.07) is 8.95. The molecule has 0 bridgehead atoms. The molecule has 5 N–H and O–H groups in total. The van der Waals surface area contributed by atoms with E-state index in [1.54, 1.807) is 0 Å². The number of para-hydroxylation sites is 1. The molecule has 26 heavy (non-hydrogen) atoms. The number of amides is 1. The molecule has 1 saturated heterocycles. The smallest absolute Gasteiger partial charge is 0.239 e. The van der Waals surface area contributed by atoms with Crippen molar-refractivity contribution in [3.05, 3.63) is 35.5 Å². The Morgan fingerprint density at radius 2 is 2.08 bits per heavy atom. The van der Waals surface area contributed by atoms with E-state index < -0.39 is 6.10 Å². The number of aromatic amines is 1. The van der Waals surface area contributed by atoms with E-state index in [0.29, 0.717) is 24.3 Å². The fraction of sp³-hybridized carbons (Fsp3) is 0.550. The Labute approximate surface area is 152 Å². The number of aliphatic hydroxyl groups excluding tert-OH is 1. The Morgan fingerprint density at radius 3 is 2.92 bits per heavy atom. The molecule has 1 aliphatic carbocycles. The van der Waals surface area contributed by atoms with Gasteiger partial charge in [0.2, 0.25) is 5.91 Å². The molecule has 0 spiro atoms. The molecule has 3 heterocycles. The number of nitrogens with two attached hydrogens (primary N) is 1. The van der Waals surface area contributed by atoms with Gasteiger partial charge in [-0.2, -0.15) is 0 Å². The highest BCUT2D eigenvalue weighted by Gasteiger charge is 2.46. The minimum Gasteiger partial charge on any atom is -0.392 e. The normalized spacial score (nSPS) is 34.0. The molecule has 2 fully saturated rings. The highest BCUT2D eigenvalue weighted by Crippen LogP contribution is 2.48. The van der Waals surface area contributed by atoms with Gasteiger partial charge in [-0.25, -0.2) is 5.84 Å².